The molecule has 2 saturated heterocycles. The molecule has 0 aromatic heterocycles. The van der Waals surface area contributed by atoms with Crippen LogP contribution in [0.15, 0.2) is 0 Å². The zero-order valence-corrected chi connectivity index (χ0v) is 10.1. The monoisotopic (exact) mass is 212 g/mol. The molecule has 0 amide bonds. The largest absolute Gasteiger partial charge is 0.374 e. The number of likely N-dealkylation sites (N-methyl/N-ethyl adjacent to an activating group) is 1. The number of nitrogens with zero attached hydrogens (tertiary/aromatic N) is 1. The predicted molar refractivity (Wildman–Crippen MR) is 62.1 cm³/mol. The molecule has 3 heteroatoms. The first kappa shape index (κ1) is 11.4. The summed E-state index contributed by atoms with van der Waals surface area (Å²) < 4.78 is 5.85. The molecule has 2 aliphatic heterocycles. The molecule has 3 nitrogen and oxygen atoms in total. The van der Waals surface area contributed by atoms with Crippen LogP contribution in [0.4, 0.5) is 0 Å². The van der Waals surface area contributed by atoms with Crippen LogP contribution in [-0.4, -0.2) is 49.8 Å². The Morgan fingerprint density at radius 2 is 2.33 bits per heavy atom. The summed E-state index contributed by atoms with van der Waals surface area (Å²) in [6, 6.07) is 0.684. The molecule has 2 rings (SSSR count). The third-order valence-corrected chi connectivity index (χ3v) is 3.77. The third kappa shape index (κ3) is 2.92. The summed E-state index contributed by atoms with van der Waals surface area (Å²) in [5.41, 5.74) is 0.135. The minimum atomic E-state index is 0.135. The topological polar surface area (TPSA) is 24.5 Å². The van der Waals surface area contributed by atoms with Gasteiger partial charge in [-0.2, -0.15) is 0 Å². The highest BCUT2D eigenvalue weighted by atomic mass is 16.5. The van der Waals surface area contributed by atoms with Crippen molar-refractivity contribution in [3.63, 3.8) is 0 Å². The van der Waals surface area contributed by atoms with Crippen molar-refractivity contribution in [3.05, 3.63) is 0 Å². The van der Waals surface area contributed by atoms with E-state index < -0.39 is 0 Å². The maximum atomic E-state index is 5.85. The fourth-order valence-electron chi connectivity index (χ4n) is 2.87. The summed E-state index contributed by atoms with van der Waals surface area (Å²) in [6.45, 7) is 6.78. The van der Waals surface area contributed by atoms with Crippen molar-refractivity contribution in [2.75, 3.05) is 33.3 Å². The van der Waals surface area contributed by atoms with Gasteiger partial charge in [0, 0.05) is 25.7 Å². The molecule has 0 aliphatic carbocycles. The van der Waals surface area contributed by atoms with Crippen molar-refractivity contribution in [2.45, 2.75) is 44.2 Å². The van der Waals surface area contributed by atoms with Crippen LogP contribution in [0.3, 0.4) is 0 Å². The number of hydrogen-bond acceptors (Lipinski definition) is 3. The SMILES string of the molecule is CNC1CCCN(CC2(C)CCCO2)C1. The van der Waals surface area contributed by atoms with Crippen LogP contribution in [0, 0.1) is 0 Å². The number of hydrogen-bond donors (Lipinski definition) is 1. The molecule has 0 bridgehead atoms. The van der Waals surface area contributed by atoms with Gasteiger partial charge in [-0.05, 0) is 46.2 Å². The van der Waals surface area contributed by atoms with Gasteiger partial charge in [0.15, 0.2) is 0 Å². The van der Waals surface area contributed by atoms with Crippen LogP contribution in [0.5, 0.6) is 0 Å². The molecular weight excluding hydrogens is 188 g/mol. The Labute approximate surface area is 93.2 Å². The fourth-order valence-corrected chi connectivity index (χ4v) is 2.87. The Kier molecular flexibility index (Phi) is 3.65. The lowest BCUT2D eigenvalue weighted by atomic mass is 9.99. The number of ether oxygens (including phenoxy) is 1. The molecule has 15 heavy (non-hydrogen) atoms. The van der Waals surface area contributed by atoms with Gasteiger partial charge in [0.05, 0.1) is 5.60 Å². The zero-order chi connectivity index (χ0) is 10.7. The van der Waals surface area contributed by atoms with Gasteiger partial charge in [-0.1, -0.05) is 0 Å². The van der Waals surface area contributed by atoms with Gasteiger partial charge >= 0.3 is 0 Å². The van der Waals surface area contributed by atoms with Crippen molar-refractivity contribution in [1.82, 2.24) is 10.2 Å². The summed E-state index contributed by atoms with van der Waals surface area (Å²) in [5, 5.41) is 3.39. The average molecular weight is 212 g/mol. The second-order valence-corrected chi connectivity index (χ2v) is 5.26. The van der Waals surface area contributed by atoms with E-state index in [2.05, 4.69) is 24.2 Å². The van der Waals surface area contributed by atoms with E-state index >= 15 is 0 Å². The number of piperidine rings is 1. The van der Waals surface area contributed by atoms with Crippen LogP contribution in [0.25, 0.3) is 0 Å². The molecule has 2 fully saturated rings. The molecule has 0 aromatic carbocycles. The normalized spacial score (nSPS) is 38.4. The average Bonchev–Trinajstić information content (AvgIpc) is 2.65. The Morgan fingerprint density at radius 1 is 1.47 bits per heavy atom. The highest BCUT2D eigenvalue weighted by Crippen LogP contribution is 2.27. The van der Waals surface area contributed by atoms with Crippen LogP contribution in [-0.2, 0) is 4.74 Å². The number of likely N-dealkylation sites (tertiary alicyclic amines) is 1. The second kappa shape index (κ2) is 4.81. The summed E-state index contributed by atoms with van der Waals surface area (Å²) in [7, 11) is 2.07. The van der Waals surface area contributed by atoms with E-state index in [1.54, 1.807) is 0 Å². The molecule has 0 spiro atoms. The zero-order valence-electron chi connectivity index (χ0n) is 10.1. The summed E-state index contributed by atoms with van der Waals surface area (Å²) in [4.78, 5) is 2.57. The van der Waals surface area contributed by atoms with Gasteiger partial charge < -0.3 is 10.1 Å². The molecule has 2 atom stereocenters. The van der Waals surface area contributed by atoms with Crippen molar-refractivity contribution in [2.24, 2.45) is 0 Å². The van der Waals surface area contributed by atoms with E-state index in [4.69, 9.17) is 4.74 Å². The first-order valence-electron chi connectivity index (χ1n) is 6.25. The Bertz CT molecular complexity index is 202. The quantitative estimate of drug-likeness (QED) is 0.762. The lowest BCUT2D eigenvalue weighted by Crippen LogP contribution is -2.49. The molecule has 0 aromatic rings. The molecule has 0 radical (unpaired) electrons. The first-order valence-corrected chi connectivity index (χ1v) is 6.25. The highest BCUT2D eigenvalue weighted by Gasteiger charge is 2.33. The molecule has 2 heterocycles. The lowest BCUT2D eigenvalue weighted by molar-refractivity contribution is -0.0150. The lowest BCUT2D eigenvalue weighted by Gasteiger charge is -2.37. The highest BCUT2D eigenvalue weighted by molar-refractivity contribution is 4.87. The van der Waals surface area contributed by atoms with Crippen molar-refractivity contribution in [3.8, 4) is 0 Å². The Morgan fingerprint density at radius 3 is 3.00 bits per heavy atom. The van der Waals surface area contributed by atoms with Crippen molar-refractivity contribution < 1.29 is 4.74 Å². The molecule has 2 unspecified atom stereocenters. The van der Waals surface area contributed by atoms with Crippen LogP contribution < -0.4 is 5.32 Å². The van der Waals surface area contributed by atoms with Gasteiger partial charge in [0.25, 0.3) is 0 Å². The minimum absolute atomic E-state index is 0.135. The van der Waals surface area contributed by atoms with Gasteiger partial charge in [-0.3, -0.25) is 4.90 Å². The van der Waals surface area contributed by atoms with Crippen molar-refractivity contribution in [1.29, 1.82) is 0 Å². The fraction of sp³-hybridized carbons (Fsp3) is 1.00. The van der Waals surface area contributed by atoms with Gasteiger partial charge in [-0.25, -0.2) is 0 Å². The van der Waals surface area contributed by atoms with Crippen molar-refractivity contribution >= 4 is 0 Å². The Hall–Kier alpha value is -0.120. The van der Waals surface area contributed by atoms with Crippen LogP contribution >= 0.6 is 0 Å². The van der Waals surface area contributed by atoms with E-state index in [9.17, 15) is 0 Å². The molecule has 2 aliphatic rings. The summed E-state index contributed by atoms with van der Waals surface area (Å²) in [6.07, 6.45) is 5.11. The van der Waals surface area contributed by atoms with Gasteiger partial charge in [0.2, 0.25) is 0 Å². The molecule has 0 saturated carbocycles. The maximum absolute atomic E-state index is 5.85. The molecular formula is C12H24N2O. The van der Waals surface area contributed by atoms with Gasteiger partial charge in [-0.15, -0.1) is 0 Å². The number of nitrogens with one attached hydrogen (secondary N) is 1. The maximum Gasteiger partial charge on any atom is 0.0781 e. The number of rotatable bonds is 3. The summed E-state index contributed by atoms with van der Waals surface area (Å²) in [5.74, 6) is 0. The second-order valence-electron chi connectivity index (χ2n) is 5.26. The Balaban J connectivity index is 1.83. The van der Waals surface area contributed by atoms with E-state index in [0.717, 1.165) is 13.2 Å². The molecule has 1 N–H and O–H groups in total. The smallest absolute Gasteiger partial charge is 0.0781 e. The van der Waals surface area contributed by atoms with E-state index in [0.29, 0.717) is 6.04 Å². The first-order chi connectivity index (χ1) is 7.22. The summed E-state index contributed by atoms with van der Waals surface area (Å²) >= 11 is 0. The predicted octanol–water partition coefficient (Wildman–Crippen LogP) is 1.24. The van der Waals surface area contributed by atoms with Crippen LogP contribution in [0.1, 0.15) is 32.6 Å². The van der Waals surface area contributed by atoms with E-state index in [-0.39, 0.29) is 5.60 Å². The van der Waals surface area contributed by atoms with E-state index in [1.807, 2.05) is 0 Å². The minimum Gasteiger partial charge on any atom is -0.374 e. The third-order valence-electron chi connectivity index (χ3n) is 3.77. The van der Waals surface area contributed by atoms with E-state index in [1.165, 1.54) is 38.8 Å². The van der Waals surface area contributed by atoms with Crippen LogP contribution in [0.2, 0.25) is 0 Å². The van der Waals surface area contributed by atoms with Gasteiger partial charge in [0.1, 0.15) is 0 Å². The molecule has 88 valence electrons. The standard InChI is InChI=1S/C12H24N2O/c1-12(6-4-8-15-12)10-14-7-3-5-11(9-14)13-2/h11,13H,3-10H2,1-2H3.